The number of benzene rings is 1. The van der Waals surface area contributed by atoms with Gasteiger partial charge in [0, 0.05) is 22.5 Å². The minimum absolute atomic E-state index is 0.121. The number of thiophene rings is 1. The Bertz CT molecular complexity index is 596. The lowest BCUT2D eigenvalue weighted by Crippen LogP contribution is -2.18. The second kappa shape index (κ2) is 5.15. The van der Waals surface area contributed by atoms with Crippen molar-refractivity contribution in [1.82, 2.24) is 0 Å². The van der Waals surface area contributed by atoms with Gasteiger partial charge in [-0.15, -0.1) is 11.3 Å². The van der Waals surface area contributed by atoms with Crippen LogP contribution in [0.2, 0.25) is 0 Å². The van der Waals surface area contributed by atoms with Crippen LogP contribution in [0.3, 0.4) is 0 Å². The van der Waals surface area contributed by atoms with Gasteiger partial charge in [-0.05, 0) is 39.5 Å². The molecule has 5 heteroatoms. The number of aliphatic hydroxyl groups excluding tert-OH is 1. The Kier molecular flexibility index (Phi) is 3.52. The van der Waals surface area contributed by atoms with E-state index in [-0.39, 0.29) is 6.10 Å². The third-order valence-corrected chi connectivity index (χ3v) is 5.19. The maximum Gasteiger partial charge on any atom is 0.137 e. The number of rotatable bonds is 2. The minimum Gasteiger partial charge on any atom is -0.497 e. The second-order valence-corrected chi connectivity index (χ2v) is 6.20. The van der Waals surface area contributed by atoms with Crippen LogP contribution in [0, 0.1) is 0 Å². The molecule has 2 heterocycles. The number of halogens is 1. The van der Waals surface area contributed by atoms with Gasteiger partial charge in [0.25, 0.3) is 0 Å². The van der Waals surface area contributed by atoms with Gasteiger partial charge in [-0.1, -0.05) is 0 Å². The Morgan fingerprint density at radius 3 is 2.95 bits per heavy atom. The Balaban J connectivity index is 1.96. The van der Waals surface area contributed by atoms with Gasteiger partial charge in [0.1, 0.15) is 17.6 Å². The molecule has 0 bridgehead atoms. The van der Waals surface area contributed by atoms with E-state index in [1.165, 1.54) is 0 Å². The zero-order chi connectivity index (χ0) is 13.4. The van der Waals surface area contributed by atoms with Crippen LogP contribution in [-0.2, 0) is 0 Å². The van der Waals surface area contributed by atoms with Crippen molar-refractivity contribution in [2.45, 2.75) is 18.6 Å². The highest BCUT2D eigenvalue weighted by Crippen LogP contribution is 2.45. The predicted octanol–water partition coefficient (Wildman–Crippen LogP) is 4.08. The number of methoxy groups -OCH3 is 1. The van der Waals surface area contributed by atoms with Gasteiger partial charge >= 0.3 is 0 Å². The van der Waals surface area contributed by atoms with E-state index in [1.807, 2.05) is 29.6 Å². The van der Waals surface area contributed by atoms with E-state index < -0.39 is 6.10 Å². The van der Waals surface area contributed by atoms with Crippen molar-refractivity contribution >= 4 is 27.3 Å². The molecule has 19 heavy (non-hydrogen) atoms. The van der Waals surface area contributed by atoms with E-state index >= 15 is 0 Å². The predicted molar refractivity (Wildman–Crippen MR) is 78.0 cm³/mol. The van der Waals surface area contributed by atoms with Crippen LogP contribution in [0.5, 0.6) is 11.5 Å². The maximum atomic E-state index is 10.3. The van der Waals surface area contributed by atoms with E-state index in [9.17, 15) is 5.11 Å². The molecule has 1 aliphatic heterocycles. The Hall–Kier alpha value is -1.04. The highest BCUT2D eigenvalue weighted by atomic mass is 79.9. The van der Waals surface area contributed by atoms with Crippen LogP contribution in [0.25, 0.3) is 0 Å². The standard InChI is InChI=1S/C14H13BrO3S/c1-17-8-2-3-9-11(16)7-13(18-12(9)6-8)14-10(15)4-5-19-14/h2-6,11,13,16H,7H2,1H3. The molecule has 2 atom stereocenters. The topological polar surface area (TPSA) is 38.7 Å². The summed E-state index contributed by atoms with van der Waals surface area (Å²) in [6.07, 6.45) is -0.0593. The molecule has 0 aliphatic carbocycles. The summed E-state index contributed by atoms with van der Waals surface area (Å²) in [6.45, 7) is 0. The summed E-state index contributed by atoms with van der Waals surface area (Å²) in [7, 11) is 1.62. The Morgan fingerprint density at radius 2 is 2.26 bits per heavy atom. The number of ether oxygens (including phenoxy) is 2. The van der Waals surface area contributed by atoms with Crippen molar-refractivity contribution in [3.8, 4) is 11.5 Å². The zero-order valence-corrected chi connectivity index (χ0v) is 12.7. The molecule has 3 nitrogen and oxygen atoms in total. The molecular formula is C14H13BrO3S. The van der Waals surface area contributed by atoms with Gasteiger partial charge < -0.3 is 14.6 Å². The molecule has 0 amide bonds. The van der Waals surface area contributed by atoms with Crippen LogP contribution in [-0.4, -0.2) is 12.2 Å². The lowest BCUT2D eigenvalue weighted by molar-refractivity contribution is 0.0669. The SMILES string of the molecule is COc1ccc2c(c1)OC(c1sccc1Br)CC2O. The summed E-state index contributed by atoms with van der Waals surface area (Å²) in [5.41, 5.74) is 0.824. The average Bonchev–Trinajstić information content (AvgIpc) is 2.84. The van der Waals surface area contributed by atoms with Crippen molar-refractivity contribution in [1.29, 1.82) is 0 Å². The molecule has 3 rings (SSSR count). The summed E-state index contributed by atoms with van der Waals surface area (Å²) < 4.78 is 12.2. The Morgan fingerprint density at radius 1 is 1.42 bits per heavy atom. The molecule has 0 saturated heterocycles. The highest BCUT2D eigenvalue weighted by Gasteiger charge is 2.30. The number of fused-ring (bicyclic) bond motifs is 1. The largest absolute Gasteiger partial charge is 0.497 e. The van der Waals surface area contributed by atoms with Crippen LogP contribution in [0.15, 0.2) is 34.1 Å². The summed E-state index contributed by atoms with van der Waals surface area (Å²) in [6, 6.07) is 7.52. The van der Waals surface area contributed by atoms with E-state index in [2.05, 4.69) is 15.9 Å². The molecule has 1 N–H and O–H groups in total. The lowest BCUT2D eigenvalue weighted by atomic mass is 9.98. The molecule has 0 spiro atoms. The monoisotopic (exact) mass is 340 g/mol. The molecule has 2 aromatic rings. The summed E-state index contributed by atoms with van der Waals surface area (Å²) in [4.78, 5) is 1.10. The molecule has 0 radical (unpaired) electrons. The molecule has 1 aromatic carbocycles. The van der Waals surface area contributed by atoms with Gasteiger partial charge in [-0.3, -0.25) is 0 Å². The highest BCUT2D eigenvalue weighted by molar-refractivity contribution is 9.10. The zero-order valence-electron chi connectivity index (χ0n) is 10.3. The quantitative estimate of drug-likeness (QED) is 0.895. The molecular weight excluding hydrogens is 328 g/mol. The summed E-state index contributed by atoms with van der Waals surface area (Å²) in [5.74, 6) is 1.43. The Labute approximate surface area is 123 Å². The fourth-order valence-electron chi connectivity index (χ4n) is 2.25. The molecule has 0 saturated carbocycles. The molecule has 100 valence electrons. The van der Waals surface area contributed by atoms with E-state index in [4.69, 9.17) is 9.47 Å². The third kappa shape index (κ3) is 2.38. The van der Waals surface area contributed by atoms with Crippen molar-refractivity contribution in [2.24, 2.45) is 0 Å². The van der Waals surface area contributed by atoms with Gasteiger partial charge in [-0.25, -0.2) is 0 Å². The van der Waals surface area contributed by atoms with Crippen molar-refractivity contribution in [3.63, 3.8) is 0 Å². The normalized spacial score (nSPS) is 21.6. The molecule has 2 unspecified atom stereocenters. The van der Waals surface area contributed by atoms with Gasteiger partial charge in [-0.2, -0.15) is 0 Å². The summed E-state index contributed by atoms with van der Waals surface area (Å²) in [5, 5.41) is 12.3. The smallest absolute Gasteiger partial charge is 0.137 e. The first-order valence-corrected chi connectivity index (χ1v) is 7.62. The van der Waals surface area contributed by atoms with Gasteiger partial charge in [0.15, 0.2) is 0 Å². The van der Waals surface area contributed by atoms with E-state index in [0.29, 0.717) is 12.2 Å². The average molecular weight is 341 g/mol. The van der Waals surface area contributed by atoms with Crippen molar-refractivity contribution in [3.05, 3.63) is 44.6 Å². The van der Waals surface area contributed by atoms with E-state index in [0.717, 1.165) is 20.7 Å². The van der Waals surface area contributed by atoms with Gasteiger partial charge in [0.2, 0.25) is 0 Å². The lowest BCUT2D eigenvalue weighted by Gasteiger charge is -2.29. The van der Waals surface area contributed by atoms with Crippen LogP contribution in [0.4, 0.5) is 0 Å². The molecule has 1 aromatic heterocycles. The fourth-order valence-corrected chi connectivity index (χ4v) is 3.92. The first kappa shape index (κ1) is 13.0. The number of hydrogen-bond acceptors (Lipinski definition) is 4. The fraction of sp³-hybridized carbons (Fsp3) is 0.286. The van der Waals surface area contributed by atoms with E-state index in [1.54, 1.807) is 18.4 Å². The van der Waals surface area contributed by atoms with Crippen LogP contribution in [0.1, 0.15) is 29.1 Å². The first-order valence-electron chi connectivity index (χ1n) is 5.94. The van der Waals surface area contributed by atoms with Crippen molar-refractivity contribution < 1.29 is 14.6 Å². The molecule has 1 aliphatic rings. The third-order valence-electron chi connectivity index (χ3n) is 3.22. The first-order chi connectivity index (χ1) is 9.19. The maximum absolute atomic E-state index is 10.3. The van der Waals surface area contributed by atoms with Crippen molar-refractivity contribution in [2.75, 3.05) is 7.11 Å². The number of hydrogen-bond donors (Lipinski definition) is 1. The minimum atomic E-state index is -0.506. The summed E-state index contributed by atoms with van der Waals surface area (Å²) >= 11 is 5.14. The molecule has 0 fully saturated rings. The van der Waals surface area contributed by atoms with Gasteiger partial charge in [0.05, 0.1) is 18.1 Å². The van der Waals surface area contributed by atoms with Crippen LogP contribution >= 0.6 is 27.3 Å². The number of aliphatic hydroxyl groups is 1. The second-order valence-electron chi connectivity index (χ2n) is 4.39. The van der Waals surface area contributed by atoms with Crippen LogP contribution < -0.4 is 9.47 Å².